The van der Waals surface area contributed by atoms with Crippen LogP contribution in [0.1, 0.15) is 39.5 Å². The predicted octanol–water partition coefficient (Wildman–Crippen LogP) is 1.25. The van der Waals surface area contributed by atoms with E-state index in [9.17, 15) is 14.7 Å². The summed E-state index contributed by atoms with van der Waals surface area (Å²) < 4.78 is 0. The number of nitrogens with zero attached hydrogens (tertiary/aromatic N) is 1. The van der Waals surface area contributed by atoms with Gasteiger partial charge in [0.05, 0.1) is 0 Å². The van der Waals surface area contributed by atoms with Crippen LogP contribution in [-0.2, 0) is 9.59 Å². The van der Waals surface area contributed by atoms with Crippen molar-refractivity contribution >= 4 is 11.9 Å². The first-order chi connectivity index (χ1) is 6.98. The van der Waals surface area contributed by atoms with Gasteiger partial charge in [0.2, 0.25) is 5.91 Å². The number of carbonyl (C=O) groups is 2. The number of carboxylic acids is 1. The average molecular weight is 211 g/mol. The maximum absolute atomic E-state index is 11.6. The van der Waals surface area contributed by atoms with Crippen LogP contribution in [0.4, 0.5) is 0 Å². The second-order valence-electron chi connectivity index (χ2n) is 4.85. The molecule has 4 nitrogen and oxygen atoms in total. The molecule has 0 saturated heterocycles. The van der Waals surface area contributed by atoms with Crippen LogP contribution in [0.5, 0.6) is 0 Å². The molecule has 2 saturated carbocycles. The number of carboxylic acid groups (broad SMARTS) is 1. The Morgan fingerprint density at radius 2 is 1.80 bits per heavy atom. The van der Waals surface area contributed by atoms with Crippen LogP contribution in [0.3, 0.4) is 0 Å². The third-order valence-electron chi connectivity index (χ3n) is 3.56. The molecule has 0 radical (unpaired) electrons. The molecule has 2 aliphatic carbocycles. The van der Waals surface area contributed by atoms with Crippen molar-refractivity contribution in [2.24, 2.45) is 5.92 Å². The maximum Gasteiger partial charge on any atom is 0.329 e. The largest absolute Gasteiger partial charge is 0.479 e. The lowest BCUT2D eigenvalue weighted by atomic mass is 9.93. The van der Waals surface area contributed by atoms with Gasteiger partial charge in [0, 0.05) is 13.0 Å². The molecular formula is C11H17NO3. The van der Waals surface area contributed by atoms with Crippen LogP contribution in [0.2, 0.25) is 0 Å². The Kier molecular flexibility index (Phi) is 2.24. The molecule has 15 heavy (non-hydrogen) atoms. The number of aliphatic carboxylic acids is 1. The lowest BCUT2D eigenvalue weighted by molar-refractivity contribution is -0.159. The molecule has 0 aliphatic heterocycles. The first-order valence-corrected chi connectivity index (χ1v) is 5.51. The van der Waals surface area contributed by atoms with E-state index in [1.54, 1.807) is 11.8 Å². The molecule has 2 aliphatic rings. The number of amides is 1. The van der Waals surface area contributed by atoms with E-state index in [2.05, 4.69) is 0 Å². The molecular weight excluding hydrogens is 194 g/mol. The number of carbonyl (C=O) groups excluding carboxylic acids is 1. The van der Waals surface area contributed by atoms with Gasteiger partial charge in [-0.05, 0) is 38.5 Å². The van der Waals surface area contributed by atoms with Crippen LogP contribution >= 0.6 is 0 Å². The molecule has 4 heteroatoms. The quantitative estimate of drug-likeness (QED) is 0.761. The molecule has 0 heterocycles. The summed E-state index contributed by atoms with van der Waals surface area (Å²) in [7, 11) is 0. The van der Waals surface area contributed by atoms with Gasteiger partial charge in [-0.2, -0.15) is 0 Å². The molecule has 1 N–H and O–H groups in total. The summed E-state index contributed by atoms with van der Waals surface area (Å²) in [6, 6.07) is 0.171. The van der Waals surface area contributed by atoms with Gasteiger partial charge in [0.1, 0.15) is 5.54 Å². The molecule has 1 atom stereocenters. The van der Waals surface area contributed by atoms with Crippen LogP contribution in [-0.4, -0.2) is 33.5 Å². The lowest BCUT2D eigenvalue weighted by Gasteiger charge is -2.38. The first kappa shape index (κ1) is 10.5. The number of hydrogen-bond acceptors (Lipinski definition) is 2. The lowest BCUT2D eigenvalue weighted by Crippen LogP contribution is -2.57. The molecule has 1 unspecified atom stereocenters. The van der Waals surface area contributed by atoms with Gasteiger partial charge in [-0.25, -0.2) is 4.79 Å². The smallest absolute Gasteiger partial charge is 0.329 e. The van der Waals surface area contributed by atoms with Gasteiger partial charge in [-0.1, -0.05) is 0 Å². The Labute approximate surface area is 89.3 Å². The zero-order valence-electron chi connectivity index (χ0n) is 9.19. The van der Waals surface area contributed by atoms with Crippen LogP contribution in [0, 0.1) is 5.92 Å². The molecule has 0 aromatic carbocycles. The zero-order valence-corrected chi connectivity index (χ0v) is 9.19. The van der Waals surface area contributed by atoms with Crippen LogP contribution in [0.25, 0.3) is 0 Å². The van der Waals surface area contributed by atoms with Gasteiger partial charge in [-0.15, -0.1) is 0 Å². The second-order valence-corrected chi connectivity index (χ2v) is 4.85. The summed E-state index contributed by atoms with van der Waals surface area (Å²) in [4.78, 5) is 24.6. The SMILES string of the molecule is CC(=O)N(C1CC1)C(C)(C(=O)O)C1CC1. The third-order valence-corrected chi connectivity index (χ3v) is 3.56. The highest BCUT2D eigenvalue weighted by Crippen LogP contribution is 2.47. The van der Waals surface area contributed by atoms with Crippen molar-refractivity contribution in [1.29, 1.82) is 0 Å². The van der Waals surface area contributed by atoms with E-state index in [1.165, 1.54) is 6.92 Å². The van der Waals surface area contributed by atoms with E-state index in [1.807, 2.05) is 0 Å². The minimum absolute atomic E-state index is 0.102. The fourth-order valence-corrected chi connectivity index (χ4v) is 2.42. The van der Waals surface area contributed by atoms with Gasteiger partial charge >= 0.3 is 5.97 Å². The minimum Gasteiger partial charge on any atom is -0.479 e. The topological polar surface area (TPSA) is 57.6 Å². The van der Waals surface area contributed by atoms with Crippen molar-refractivity contribution in [3.8, 4) is 0 Å². The highest BCUT2D eigenvalue weighted by Gasteiger charge is 2.56. The normalized spacial score (nSPS) is 24.4. The molecule has 1 amide bonds. The van der Waals surface area contributed by atoms with E-state index in [0.717, 1.165) is 25.7 Å². The van der Waals surface area contributed by atoms with Crippen molar-refractivity contribution in [2.45, 2.75) is 51.1 Å². The Bertz CT molecular complexity index is 307. The highest BCUT2D eigenvalue weighted by atomic mass is 16.4. The van der Waals surface area contributed by atoms with Crippen LogP contribution in [0.15, 0.2) is 0 Å². The molecule has 2 rings (SSSR count). The Hall–Kier alpha value is -1.06. The summed E-state index contributed by atoms with van der Waals surface area (Å²) >= 11 is 0. The van der Waals surface area contributed by atoms with Gasteiger partial charge in [-0.3, -0.25) is 4.79 Å². The van der Waals surface area contributed by atoms with E-state index < -0.39 is 11.5 Å². The monoisotopic (exact) mass is 211 g/mol. The molecule has 0 aromatic rings. The zero-order chi connectivity index (χ0) is 11.2. The first-order valence-electron chi connectivity index (χ1n) is 5.51. The van der Waals surface area contributed by atoms with E-state index in [-0.39, 0.29) is 17.9 Å². The number of hydrogen-bond donors (Lipinski definition) is 1. The number of rotatable bonds is 4. The Morgan fingerprint density at radius 3 is 2.07 bits per heavy atom. The standard InChI is InChI=1S/C11H17NO3/c1-7(13)12(9-5-6-9)11(2,10(14)15)8-3-4-8/h8-9H,3-6H2,1-2H3,(H,14,15). The average Bonchev–Trinajstić information content (AvgIpc) is 2.98. The molecule has 0 spiro atoms. The van der Waals surface area contributed by atoms with Gasteiger partial charge < -0.3 is 10.0 Å². The molecule has 84 valence electrons. The van der Waals surface area contributed by atoms with E-state index in [0.29, 0.717) is 0 Å². The van der Waals surface area contributed by atoms with Crippen molar-refractivity contribution < 1.29 is 14.7 Å². The van der Waals surface area contributed by atoms with Gasteiger partial charge in [0.15, 0.2) is 0 Å². The summed E-state index contributed by atoms with van der Waals surface area (Å²) in [6.45, 7) is 3.18. The summed E-state index contributed by atoms with van der Waals surface area (Å²) in [5, 5.41) is 9.34. The summed E-state index contributed by atoms with van der Waals surface area (Å²) in [5.74, 6) is -0.805. The Balaban J connectivity index is 2.28. The van der Waals surface area contributed by atoms with Crippen LogP contribution < -0.4 is 0 Å². The summed E-state index contributed by atoms with van der Waals surface area (Å²) in [6.07, 6.45) is 3.77. The fourth-order valence-electron chi connectivity index (χ4n) is 2.42. The van der Waals surface area contributed by atoms with Crippen molar-refractivity contribution in [3.05, 3.63) is 0 Å². The highest BCUT2D eigenvalue weighted by molar-refractivity contribution is 5.87. The van der Waals surface area contributed by atoms with E-state index in [4.69, 9.17) is 0 Å². The second kappa shape index (κ2) is 3.22. The maximum atomic E-state index is 11.6. The molecule has 0 aromatic heterocycles. The third kappa shape index (κ3) is 1.62. The van der Waals surface area contributed by atoms with Crippen molar-refractivity contribution in [3.63, 3.8) is 0 Å². The molecule has 0 bridgehead atoms. The summed E-state index contributed by atoms with van der Waals surface area (Å²) in [5.41, 5.74) is -0.965. The van der Waals surface area contributed by atoms with Crippen molar-refractivity contribution in [2.75, 3.05) is 0 Å². The van der Waals surface area contributed by atoms with Gasteiger partial charge in [0.25, 0.3) is 0 Å². The predicted molar refractivity (Wildman–Crippen MR) is 54.3 cm³/mol. The Morgan fingerprint density at radius 1 is 1.27 bits per heavy atom. The van der Waals surface area contributed by atoms with Crippen molar-refractivity contribution in [1.82, 2.24) is 4.90 Å². The molecule has 2 fully saturated rings. The van der Waals surface area contributed by atoms with E-state index >= 15 is 0 Å². The minimum atomic E-state index is -0.965. The fraction of sp³-hybridized carbons (Fsp3) is 0.818.